The minimum absolute atomic E-state index is 0. The molecule has 2 aliphatic rings. The van der Waals surface area contributed by atoms with Crippen molar-refractivity contribution >= 4 is 18.4 Å². The lowest BCUT2D eigenvalue weighted by molar-refractivity contribution is -0.144. The Hall–Kier alpha value is -0.280. The fourth-order valence-corrected chi connectivity index (χ4v) is 2.70. The van der Waals surface area contributed by atoms with Crippen LogP contribution in [0.5, 0.6) is 0 Å². The van der Waals surface area contributed by atoms with Crippen molar-refractivity contribution < 1.29 is 9.90 Å². The number of halogens is 1. The van der Waals surface area contributed by atoms with Gasteiger partial charge in [0.1, 0.15) is 0 Å². The summed E-state index contributed by atoms with van der Waals surface area (Å²) in [6.45, 7) is 0. The summed E-state index contributed by atoms with van der Waals surface area (Å²) in [6.07, 6.45) is 3.28. The van der Waals surface area contributed by atoms with Gasteiger partial charge in [-0.1, -0.05) is 0 Å². The average Bonchev–Trinajstić information content (AvgIpc) is 2.44. The third-order valence-electron chi connectivity index (χ3n) is 3.27. The van der Waals surface area contributed by atoms with Crippen LogP contribution in [0.15, 0.2) is 0 Å². The summed E-state index contributed by atoms with van der Waals surface area (Å²) in [6, 6.07) is -0.0637. The van der Waals surface area contributed by atoms with Crippen LogP contribution in [-0.4, -0.2) is 17.1 Å². The van der Waals surface area contributed by atoms with Crippen LogP contribution >= 0.6 is 12.4 Å². The van der Waals surface area contributed by atoms with Crippen LogP contribution in [0.4, 0.5) is 0 Å². The van der Waals surface area contributed by atoms with Crippen LogP contribution in [0.2, 0.25) is 0 Å². The highest BCUT2D eigenvalue weighted by Crippen LogP contribution is 2.47. The SMILES string of the molecule is Cl.NC1C2CCC(C2)C1C(=O)O. The standard InChI is InChI=1S/C8H13NO2.ClH/c9-7-5-2-1-4(3-5)6(7)8(10)11;/h4-7H,1-3,9H2,(H,10,11);1H. The molecule has 0 aliphatic heterocycles. The Kier molecular flexibility index (Phi) is 2.64. The molecular weight excluding hydrogens is 178 g/mol. The largest absolute Gasteiger partial charge is 0.481 e. The molecule has 0 spiro atoms. The molecule has 0 aromatic carbocycles. The topological polar surface area (TPSA) is 63.3 Å². The summed E-state index contributed by atoms with van der Waals surface area (Å²) in [4.78, 5) is 10.7. The Morgan fingerprint density at radius 2 is 1.92 bits per heavy atom. The van der Waals surface area contributed by atoms with E-state index in [-0.39, 0.29) is 24.4 Å². The molecule has 2 aliphatic carbocycles. The zero-order valence-corrected chi connectivity index (χ0v) is 7.59. The lowest BCUT2D eigenvalue weighted by atomic mass is 9.85. The predicted molar refractivity (Wildman–Crippen MR) is 47.2 cm³/mol. The summed E-state index contributed by atoms with van der Waals surface area (Å²) in [5.41, 5.74) is 5.78. The fraction of sp³-hybridized carbons (Fsp3) is 0.875. The van der Waals surface area contributed by atoms with Crippen molar-refractivity contribution in [2.45, 2.75) is 25.3 Å². The molecule has 70 valence electrons. The van der Waals surface area contributed by atoms with E-state index in [0.717, 1.165) is 19.3 Å². The molecule has 2 rings (SSSR count). The molecule has 4 heteroatoms. The molecule has 4 unspecified atom stereocenters. The molecule has 0 aromatic rings. The number of carboxylic acids is 1. The van der Waals surface area contributed by atoms with Gasteiger partial charge in [-0.2, -0.15) is 0 Å². The summed E-state index contributed by atoms with van der Waals surface area (Å²) >= 11 is 0. The molecule has 0 saturated heterocycles. The monoisotopic (exact) mass is 191 g/mol. The summed E-state index contributed by atoms with van der Waals surface area (Å²) in [5.74, 6) is -0.0490. The number of aliphatic carboxylic acids is 1. The minimum atomic E-state index is -0.690. The summed E-state index contributed by atoms with van der Waals surface area (Å²) in [5, 5.41) is 8.83. The maximum Gasteiger partial charge on any atom is 0.308 e. The van der Waals surface area contributed by atoms with E-state index in [1.165, 1.54) is 0 Å². The number of hydrogen-bond donors (Lipinski definition) is 2. The van der Waals surface area contributed by atoms with E-state index < -0.39 is 5.97 Å². The molecule has 3 nitrogen and oxygen atoms in total. The second-order valence-electron chi connectivity index (χ2n) is 3.77. The molecule has 2 fully saturated rings. The van der Waals surface area contributed by atoms with E-state index in [0.29, 0.717) is 11.8 Å². The van der Waals surface area contributed by atoms with Crippen molar-refractivity contribution in [3.63, 3.8) is 0 Å². The van der Waals surface area contributed by atoms with Gasteiger partial charge in [-0.25, -0.2) is 0 Å². The zero-order valence-electron chi connectivity index (χ0n) is 6.77. The Bertz CT molecular complexity index is 195. The average molecular weight is 192 g/mol. The van der Waals surface area contributed by atoms with Gasteiger partial charge in [0.15, 0.2) is 0 Å². The Balaban J connectivity index is 0.000000720. The number of hydrogen-bond acceptors (Lipinski definition) is 2. The van der Waals surface area contributed by atoms with Gasteiger partial charge in [0, 0.05) is 6.04 Å². The molecule has 2 saturated carbocycles. The number of carboxylic acid groups (broad SMARTS) is 1. The first-order valence-electron chi connectivity index (χ1n) is 4.18. The third-order valence-corrected chi connectivity index (χ3v) is 3.27. The number of rotatable bonds is 1. The van der Waals surface area contributed by atoms with Crippen LogP contribution in [0.25, 0.3) is 0 Å². The number of carbonyl (C=O) groups is 1. The summed E-state index contributed by atoms with van der Waals surface area (Å²) < 4.78 is 0. The highest BCUT2D eigenvalue weighted by atomic mass is 35.5. The van der Waals surface area contributed by atoms with Crippen molar-refractivity contribution in [3.05, 3.63) is 0 Å². The van der Waals surface area contributed by atoms with E-state index in [4.69, 9.17) is 10.8 Å². The van der Waals surface area contributed by atoms with Crippen molar-refractivity contribution in [1.29, 1.82) is 0 Å². The first-order valence-corrected chi connectivity index (χ1v) is 4.18. The van der Waals surface area contributed by atoms with Crippen LogP contribution < -0.4 is 5.73 Å². The van der Waals surface area contributed by atoms with Gasteiger partial charge in [-0.3, -0.25) is 4.79 Å². The second kappa shape index (κ2) is 3.23. The molecule has 3 N–H and O–H groups in total. The summed E-state index contributed by atoms with van der Waals surface area (Å²) in [7, 11) is 0. The molecular formula is C8H14ClNO2. The third kappa shape index (κ3) is 1.21. The molecule has 4 atom stereocenters. The fourth-order valence-electron chi connectivity index (χ4n) is 2.70. The lowest BCUT2D eigenvalue weighted by Gasteiger charge is -2.23. The smallest absolute Gasteiger partial charge is 0.308 e. The maximum atomic E-state index is 10.7. The van der Waals surface area contributed by atoms with E-state index in [1.807, 2.05) is 0 Å². The lowest BCUT2D eigenvalue weighted by Crippen LogP contribution is -2.40. The van der Waals surface area contributed by atoms with Crippen LogP contribution in [-0.2, 0) is 4.79 Å². The van der Waals surface area contributed by atoms with Gasteiger partial charge < -0.3 is 10.8 Å². The minimum Gasteiger partial charge on any atom is -0.481 e. The molecule has 0 radical (unpaired) electrons. The molecule has 0 heterocycles. The zero-order chi connectivity index (χ0) is 8.01. The first-order chi connectivity index (χ1) is 5.20. The first kappa shape index (κ1) is 9.81. The van der Waals surface area contributed by atoms with Gasteiger partial charge in [0.05, 0.1) is 5.92 Å². The van der Waals surface area contributed by atoms with Gasteiger partial charge in [0.25, 0.3) is 0 Å². The van der Waals surface area contributed by atoms with Crippen molar-refractivity contribution in [3.8, 4) is 0 Å². The predicted octanol–water partition coefficient (Wildman–Crippen LogP) is 0.866. The van der Waals surface area contributed by atoms with Crippen LogP contribution in [0, 0.1) is 17.8 Å². The molecule has 0 amide bonds. The van der Waals surface area contributed by atoms with Crippen molar-refractivity contribution in [1.82, 2.24) is 0 Å². The Morgan fingerprint density at radius 3 is 2.25 bits per heavy atom. The molecule has 2 bridgehead atoms. The van der Waals surface area contributed by atoms with Gasteiger partial charge in [-0.05, 0) is 31.1 Å². The van der Waals surface area contributed by atoms with Gasteiger partial charge in [0.2, 0.25) is 0 Å². The van der Waals surface area contributed by atoms with Crippen LogP contribution in [0.3, 0.4) is 0 Å². The Morgan fingerprint density at radius 1 is 1.33 bits per heavy atom. The van der Waals surface area contributed by atoms with Crippen molar-refractivity contribution in [2.75, 3.05) is 0 Å². The van der Waals surface area contributed by atoms with E-state index in [1.54, 1.807) is 0 Å². The van der Waals surface area contributed by atoms with Crippen LogP contribution in [0.1, 0.15) is 19.3 Å². The second-order valence-corrected chi connectivity index (χ2v) is 3.77. The van der Waals surface area contributed by atoms with Crippen molar-refractivity contribution in [2.24, 2.45) is 23.5 Å². The highest BCUT2D eigenvalue weighted by molar-refractivity contribution is 5.85. The Labute approximate surface area is 77.7 Å². The van der Waals surface area contributed by atoms with E-state index in [9.17, 15) is 4.79 Å². The maximum absolute atomic E-state index is 10.7. The van der Waals surface area contributed by atoms with E-state index >= 15 is 0 Å². The number of fused-ring (bicyclic) bond motifs is 2. The van der Waals surface area contributed by atoms with E-state index in [2.05, 4.69) is 0 Å². The van der Waals surface area contributed by atoms with Gasteiger partial charge in [-0.15, -0.1) is 12.4 Å². The highest BCUT2D eigenvalue weighted by Gasteiger charge is 2.49. The molecule has 12 heavy (non-hydrogen) atoms. The van der Waals surface area contributed by atoms with Gasteiger partial charge >= 0.3 is 5.97 Å². The quantitative estimate of drug-likeness (QED) is 0.647. The molecule has 0 aromatic heterocycles. The normalized spacial score (nSPS) is 44.1. The number of nitrogens with two attached hydrogens (primary N) is 1.